The number of rotatable bonds is 4. The van der Waals surface area contributed by atoms with Crippen molar-refractivity contribution < 1.29 is 4.79 Å². The van der Waals surface area contributed by atoms with Crippen molar-refractivity contribution in [3.63, 3.8) is 0 Å². The van der Waals surface area contributed by atoms with Crippen LogP contribution in [0.5, 0.6) is 0 Å². The standard InChI is InChI=1S/C13H14N4O/c14-8-11(10-4-2-1-3-5-10)13(18)17-12-9-15-6-7-16-12/h1-7,9,11H,8,14H2,(H,16,17,18). The molecule has 0 aliphatic heterocycles. The lowest BCUT2D eigenvalue weighted by molar-refractivity contribution is -0.117. The molecular weight excluding hydrogens is 228 g/mol. The Morgan fingerprint density at radius 3 is 2.67 bits per heavy atom. The van der Waals surface area contributed by atoms with Crippen LogP contribution in [0.25, 0.3) is 0 Å². The van der Waals surface area contributed by atoms with Crippen LogP contribution in [-0.4, -0.2) is 22.4 Å². The van der Waals surface area contributed by atoms with Crippen molar-refractivity contribution in [1.29, 1.82) is 0 Å². The molecule has 2 rings (SSSR count). The number of carbonyl (C=O) groups is 1. The van der Waals surface area contributed by atoms with Crippen LogP contribution in [0.2, 0.25) is 0 Å². The highest BCUT2D eigenvalue weighted by atomic mass is 16.2. The molecule has 1 atom stereocenters. The van der Waals surface area contributed by atoms with Gasteiger partial charge in [-0.2, -0.15) is 0 Å². The summed E-state index contributed by atoms with van der Waals surface area (Å²) in [6.45, 7) is 0.246. The zero-order valence-corrected chi connectivity index (χ0v) is 9.78. The second-order valence-electron chi connectivity index (χ2n) is 3.78. The number of benzene rings is 1. The average Bonchev–Trinajstić information content (AvgIpc) is 2.42. The van der Waals surface area contributed by atoms with Crippen LogP contribution < -0.4 is 11.1 Å². The molecule has 0 saturated carbocycles. The van der Waals surface area contributed by atoms with Crippen LogP contribution >= 0.6 is 0 Å². The summed E-state index contributed by atoms with van der Waals surface area (Å²) in [5.41, 5.74) is 6.55. The van der Waals surface area contributed by atoms with Crippen LogP contribution in [0.3, 0.4) is 0 Å². The van der Waals surface area contributed by atoms with Crippen molar-refractivity contribution in [3.05, 3.63) is 54.5 Å². The van der Waals surface area contributed by atoms with Gasteiger partial charge >= 0.3 is 0 Å². The second-order valence-corrected chi connectivity index (χ2v) is 3.78. The van der Waals surface area contributed by atoms with E-state index in [1.165, 1.54) is 12.4 Å². The van der Waals surface area contributed by atoms with Crippen LogP contribution in [0.1, 0.15) is 11.5 Å². The lowest BCUT2D eigenvalue weighted by Gasteiger charge is -2.14. The molecule has 2 aromatic rings. The van der Waals surface area contributed by atoms with Gasteiger partial charge in [0.15, 0.2) is 5.82 Å². The van der Waals surface area contributed by atoms with E-state index in [2.05, 4.69) is 15.3 Å². The number of nitrogens with one attached hydrogen (secondary N) is 1. The van der Waals surface area contributed by atoms with E-state index in [-0.39, 0.29) is 18.4 Å². The number of hydrogen-bond acceptors (Lipinski definition) is 4. The first-order valence-electron chi connectivity index (χ1n) is 5.63. The minimum Gasteiger partial charge on any atom is -0.329 e. The van der Waals surface area contributed by atoms with E-state index in [0.29, 0.717) is 5.82 Å². The van der Waals surface area contributed by atoms with Crippen molar-refractivity contribution in [1.82, 2.24) is 9.97 Å². The number of nitrogens with zero attached hydrogens (tertiary/aromatic N) is 2. The van der Waals surface area contributed by atoms with E-state index < -0.39 is 0 Å². The Bertz CT molecular complexity index is 501. The topological polar surface area (TPSA) is 80.9 Å². The predicted octanol–water partition coefficient (Wildman–Crippen LogP) is 1.16. The van der Waals surface area contributed by atoms with Crippen LogP contribution in [0, 0.1) is 0 Å². The normalized spacial score (nSPS) is 11.8. The van der Waals surface area contributed by atoms with Crippen molar-refractivity contribution in [3.8, 4) is 0 Å². The highest BCUT2D eigenvalue weighted by Crippen LogP contribution is 2.15. The fourth-order valence-corrected chi connectivity index (χ4v) is 1.66. The van der Waals surface area contributed by atoms with Gasteiger partial charge in [-0.05, 0) is 5.56 Å². The first-order chi connectivity index (χ1) is 8.81. The highest BCUT2D eigenvalue weighted by molar-refractivity contribution is 5.95. The van der Waals surface area contributed by atoms with Gasteiger partial charge in [-0.25, -0.2) is 4.98 Å². The molecule has 0 bridgehead atoms. The van der Waals surface area contributed by atoms with Gasteiger partial charge < -0.3 is 11.1 Å². The van der Waals surface area contributed by atoms with E-state index in [9.17, 15) is 4.79 Å². The Kier molecular flexibility index (Phi) is 3.98. The summed E-state index contributed by atoms with van der Waals surface area (Å²) in [4.78, 5) is 20.0. The SMILES string of the molecule is NCC(C(=O)Nc1cnccn1)c1ccccc1. The van der Waals surface area contributed by atoms with Gasteiger partial charge in [0.2, 0.25) is 5.91 Å². The van der Waals surface area contributed by atoms with Gasteiger partial charge in [0.05, 0.1) is 12.1 Å². The molecule has 5 nitrogen and oxygen atoms in total. The van der Waals surface area contributed by atoms with Gasteiger partial charge in [-0.3, -0.25) is 9.78 Å². The van der Waals surface area contributed by atoms with Crippen LogP contribution in [0.15, 0.2) is 48.9 Å². The second kappa shape index (κ2) is 5.88. The average molecular weight is 242 g/mol. The Labute approximate surface area is 105 Å². The molecule has 1 aromatic heterocycles. The summed E-state index contributed by atoms with van der Waals surface area (Å²) in [5.74, 6) is -0.130. The molecule has 0 saturated heterocycles. The first kappa shape index (κ1) is 12.2. The molecule has 18 heavy (non-hydrogen) atoms. The zero-order valence-electron chi connectivity index (χ0n) is 9.78. The van der Waals surface area contributed by atoms with E-state index in [4.69, 9.17) is 5.73 Å². The summed E-state index contributed by atoms with van der Waals surface area (Å²) in [6, 6.07) is 9.43. The minimum atomic E-state index is -0.381. The summed E-state index contributed by atoms with van der Waals surface area (Å²) < 4.78 is 0. The third-order valence-corrected chi connectivity index (χ3v) is 2.57. The van der Waals surface area contributed by atoms with Gasteiger partial charge in [0, 0.05) is 18.9 Å². The third kappa shape index (κ3) is 2.89. The Hall–Kier alpha value is -2.27. The number of carbonyl (C=O) groups excluding carboxylic acids is 1. The summed E-state index contributed by atoms with van der Waals surface area (Å²) in [5, 5.41) is 2.70. The highest BCUT2D eigenvalue weighted by Gasteiger charge is 2.19. The maximum Gasteiger partial charge on any atom is 0.234 e. The Morgan fingerprint density at radius 1 is 1.28 bits per heavy atom. The van der Waals surface area contributed by atoms with Gasteiger partial charge in [-0.15, -0.1) is 0 Å². The molecule has 3 N–H and O–H groups in total. The minimum absolute atomic E-state index is 0.177. The van der Waals surface area contributed by atoms with Gasteiger partial charge in [0.1, 0.15) is 0 Å². The predicted molar refractivity (Wildman–Crippen MR) is 68.9 cm³/mol. The van der Waals surface area contributed by atoms with Gasteiger partial charge in [0.25, 0.3) is 0 Å². The maximum atomic E-state index is 12.1. The van der Waals surface area contributed by atoms with Crippen molar-refractivity contribution in [2.45, 2.75) is 5.92 Å². The molecule has 0 aliphatic rings. The molecule has 1 heterocycles. The lowest BCUT2D eigenvalue weighted by atomic mass is 9.98. The summed E-state index contributed by atoms with van der Waals surface area (Å²) >= 11 is 0. The maximum absolute atomic E-state index is 12.1. The fraction of sp³-hybridized carbons (Fsp3) is 0.154. The third-order valence-electron chi connectivity index (χ3n) is 2.57. The van der Waals surface area contributed by atoms with Crippen molar-refractivity contribution in [2.24, 2.45) is 5.73 Å². The van der Waals surface area contributed by atoms with Crippen molar-refractivity contribution >= 4 is 11.7 Å². The number of amides is 1. The quantitative estimate of drug-likeness (QED) is 0.843. The smallest absolute Gasteiger partial charge is 0.234 e. The first-order valence-corrected chi connectivity index (χ1v) is 5.63. The molecule has 92 valence electrons. The van der Waals surface area contributed by atoms with Crippen LogP contribution in [0.4, 0.5) is 5.82 Å². The van der Waals surface area contributed by atoms with Crippen LogP contribution in [-0.2, 0) is 4.79 Å². The number of aromatic nitrogens is 2. The largest absolute Gasteiger partial charge is 0.329 e. The van der Waals surface area contributed by atoms with E-state index >= 15 is 0 Å². The summed E-state index contributed by atoms with van der Waals surface area (Å²) in [6.07, 6.45) is 4.57. The molecule has 1 unspecified atom stereocenters. The van der Waals surface area contributed by atoms with Crippen molar-refractivity contribution in [2.75, 3.05) is 11.9 Å². The van der Waals surface area contributed by atoms with E-state index in [1.54, 1.807) is 6.20 Å². The van der Waals surface area contributed by atoms with E-state index in [0.717, 1.165) is 5.56 Å². The monoisotopic (exact) mass is 242 g/mol. The molecule has 0 fully saturated rings. The number of nitrogens with two attached hydrogens (primary N) is 1. The molecule has 1 amide bonds. The molecule has 0 radical (unpaired) electrons. The molecule has 0 aliphatic carbocycles. The molecule has 5 heteroatoms. The number of hydrogen-bond donors (Lipinski definition) is 2. The number of anilines is 1. The lowest BCUT2D eigenvalue weighted by Crippen LogP contribution is -2.27. The van der Waals surface area contributed by atoms with E-state index in [1.807, 2.05) is 30.3 Å². The molecule has 0 spiro atoms. The van der Waals surface area contributed by atoms with Gasteiger partial charge in [-0.1, -0.05) is 30.3 Å². The molecular formula is C13H14N4O. The Morgan fingerprint density at radius 2 is 2.06 bits per heavy atom. The Balaban J connectivity index is 2.12. The zero-order chi connectivity index (χ0) is 12.8. The fourth-order valence-electron chi connectivity index (χ4n) is 1.66. The molecule has 1 aromatic carbocycles. The summed E-state index contributed by atoms with van der Waals surface area (Å²) in [7, 11) is 0.